The molecule has 2 saturated heterocycles. The highest BCUT2D eigenvalue weighted by Crippen LogP contribution is 2.32. The molecule has 11 unspecified atom stereocenters. The fourth-order valence-electron chi connectivity index (χ4n) is 5.07. The number of carbonyl (C=O) groups excluding carboxylic acids is 1. The van der Waals surface area contributed by atoms with Crippen LogP contribution < -0.4 is 28.3 Å². The van der Waals surface area contributed by atoms with Crippen LogP contribution in [0.1, 0.15) is 12.8 Å². The van der Waals surface area contributed by atoms with E-state index in [1.165, 1.54) is 0 Å². The Hall–Kier alpha value is -1.43. The Morgan fingerprint density at radius 3 is 1.72 bits per heavy atom. The molecule has 1 amide bonds. The Labute approximate surface area is 285 Å². The van der Waals surface area contributed by atoms with Gasteiger partial charge in [-0.25, -0.2) is 0 Å². The topological polar surface area (TPSA) is 481 Å². The van der Waals surface area contributed by atoms with Crippen LogP contribution in [0.25, 0.3) is 0 Å². The van der Waals surface area contributed by atoms with Crippen molar-refractivity contribution in [1.82, 2.24) is 5.32 Å². The van der Waals surface area contributed by atoms with Crippen LogP contribution in [0.5, 0.6) is 0 Å². The van der Waals surface area contributed by atoms with Crippen LogP contribution in [0.15, 0.2) is 0 Å². The van der Waals surface area contributed by atoms with Gasteiger partial charge in [-0.15, -0.1) is 0 Å². The zero-order chi connectivity index (χ0) is 38.9. The highest BCUT2D eigenvalue weighted by Gasteiger charge is 2.52. The van der Waals surface area contributed by atoms with Crippen LogP contribution >= 0.6 is 0 Å². The van der Waals surface area contributed by atoms with Gasteiger partial charge in [-0.2, -0.15) is 16.8 Å². The van der Waals surface area contributed by atoms with Crippen molar-refractivity contribution in [2.24, 2.45) is 22.9 Å². The van der Waals surface area contributed by atoms with Crippen molar-refractivity contribution in [3.63, 3.8) is 0 Å². The first-order valence-electron chi connectivity index (χ1n) is 14.5. The molecule has 0 radical (unpaired) electrons. The predicted octanol–water partition coefficient (Wildman–Crippen LogP) is -9.73. The summed E-state index contributed by atoms with van der Waals surface area (Å²) >= 11 is 0. The van der Waals surface area contributed by atoms with E-state index >= 15 is 0 Å². The second-order valence-electron chi connectivity index (χ2n) is 11.2. The maximum atomic E-state index is 12.6. The Morgan fingerprint density at radius 2 is 1.24 bits per heavy atom. The molecule has 28 heteroatoms. The van der Waals surface area contributed by atoms with Crippen molar-refractivity contribution in [3.05, 3.63) is 0 Å². The molecule has 2 aliphatic heterocycles. The lowest BCUT2D eigenvalue weighted by atomic mass is 9.83. The smallest absolute Gasteiger partial charge is 0.394 e. The SMILES string of the molecule is NCCC(O)C(=O)NC1C[C@@H](N)[C@H](O[C@@H]2OC(CN)C(O)C(O)C2O)C(O)[C@H]1O[C@H]1OC(CO)C(O)C(N)C1O.O=S(=O)(O)O.O=S(=O)(O)O. The van der Waals surface area contributed by atoms with E-state index in [2.05, 4.69) is 5.32 Å². The minimum Gasteiger partial charge on any atom is -0.394 e. The van der Waals surface area contributed by atoms with Gasteiger partial charge in [0.1, 0.15) is 67.1 Å². The van der Waals surface area contributed by atoms with E-state index in [1.54, 1.807) is 0 Å². The first kappa shape index (κ1) is 46.6. The standard InChI is InChI=1S/C22H43N5O13.2H2O4S/c23-2-1-8(29)20(36)27-7-3-6(25)18(39-22-16(34)15(33)13(31)9(4-24)37-22)17(35)19(7)40-21-14(32)11(26)12(30)10(5-28)38-21;2*1-5(2,3)4/h6-19,21-22,28-35H,1-5,23-26H2,(H,27,36);2*(H2,1,2,3,4)/t6-,7?,8?,9?,10?,11?,12?,13?,14?,15?,16?,17?,18+,19+,21-,22+;;/m1../s1. The van der Waals surface area contributed by atoms with Gasteiger partial charge in [-0.05, 0) is 19.4 Å². The lowest BCUT2D eigenvalue weighted by molar-refractivity contribution is -0.332. The molecular formula is C22H47N5O21S2. The van der Waals surface area contributed by atoms with Gasteiger partial charge in [0, 0.05) is 12.6 Å². The molecule has 0 aromatic heterocycles. The van der Waals surface area contributed by atoms with E-state index in [0.717, 1.165) is 0 Å². The fraction of sp³-hybridized carbons (Fsp3) is 0.955. The number of hydrogen-bond acceptors (Lipinski definition) is 21. The summed E-state index contributed by atoms with van der Waals surface area (Å²) in [5.41, 5.74) is 23.1. The quantitative estimate of drug-likeness (QED) is 0.0915. The molecule has 3 rings (SSSR count). The van der Waals surface area contributed by atoms with Crippen LogP contribution in [-0.2, 0) is 44.5 Å². The van der Waals surface area contributed by atoms with Crippen molar-refractivity contribution < 1.29 is 99.6 Å². The van der Waals surface area contributed by atoms with Crippen LogP contribution in [0.3, 0.4) is 0 Å². The number of amides is 1. The number of nitrogens with one attached hydrogen (secondary N) is 1. The Balaban J connectivity index is 0.00000109. The summed E-state index contributed by atoms with van der Waals surface area (Å²) in [7, 11) is -9.33. The number of carbonyl (C=O) groups is 1. The maximum Gasteiger partial charge on any atom is 0.394 e. The molecule has 0 bridgehead atoms. The highest BCUT2D eigenvalue weighted by atomic mass is 32.3. The molecule has 26 nitrogen and oxygen atoms in total. The lowest BCUT2D eigenvalue weighted by Crippen LogP contribution is -2.69. The molecule has 16 atom stereocenters. The minimum absolute atomic E-state index is 0.0101. The number of ether oxygens (including phenoxy) is 4. The first-order valence-corrected chi connectivity index (χ1v) is 17.3. The molecule has 3 fully saturated rings. The molecule has 0 aromatic carbocycles. The molecule has 298 valence electrons. The second-order valence-corrected chi connectivity index (χ2v) is 13.0. The fourth-order valence-corrected chi connectivity index (χ4v) is 5.07. The van der Waals surface area contributed by atoms with Gasteiger partial charge in [-0.1, -0.05) is 0 Å². The van der Waals surface area contributed by atoms with Crippen molar-refractivity contribution in [2.75, 3.05) is 19.7 Å². The van der Waals surface area contributed by atoms with E-state index < -0.39 is 131 Å². The second kappa shape index (κ2) is 20.1. The van der Waals surface area contributed by atoms with E-state index in [0.29, 0.717) is 0 Å². The summed E-state index contributed by atoms with van der Waals surface area (Å²) < 4.78 is 85.7. The molecule has 2 heterocycles. The Kier molecular flexibility index (Phi) is 18.8. The van der Waals surface area contributed by atoms with Gasteiger partial charge in [-0.3, -0.25) is 23.0 Å². The highest BCUT2D eigenvalue weighted by molar-refractivity contribution is 7.80. The van der Waals surface area contributed by atoms with Gasteiger partial charge < -0.3 is 88.1 Å². The minimum atomic E-state index is -4.67. The molecule has 3 aliphatic rings. The van der Waals surface area contributed by atoms with E-state index in [9.17, 15) is 45.6 Å². The Bertz CT molecular complexity index is 1200. The molecule has 1 aliphatic carbocycles. The number of aliphatic hydroxyl groups excluding tert-OH is 8. The summed E-state index contributed by atoms with van der Waals surface area (Å²) in [6, 6.07) is -3.45. The van der Waals surface area contributed by atoms with Gasteiger partial charge in [0.05, 0.1) is 18.7 Å². The normalized spacial score (nSPS) is 40.0. The van der Waals surface area contributed by atoms with Crippen molar-refractivity contribution in [2.45, 2.75) is 111 Å². The monoisotopic (exact) mass is 781 g/mol. The third kappa shape index (κ3) is 14.5. The molecule has 50 heavy (non-hydrogen) atoms. The average Bonchev–Trinajstić information content (AvgIpc) is 2.99. The van der Waals surface area contributed by atoms with Gasteiger partial charge in [0.2, 0.25) is 5.91 Å². The van der Waals surface area contributed by atoms with Gasteiger partial charge >= 0.3 is 20.8 Å². The van der Waals surface area contributed by atoms with Gasteiger partial charge in [0.15, 0.2) is 12.6 Å². The number of hydrogen-bond donors (Lipinski definition) is 17. The zero-order valence-corrected chi connectivity index (χ0v) is 27.6. The maximum absolute atomic E-state index is 12.6. The summed E-state index contributed by atoms with van der Waals surface area (Å²) in [4.78, 5) is 12.6. The lowest BCUT2D eigenvalue weighted by Gasteiger charge is -2.49. The number of aliphatic hydroxyl groups is 8. The van der Waals surface area contributed by atoms with Crippen LogP contribution in [0.2, 0.25) is 0 Å². The number of rotatable bonds is 10. The van der Waals surface area contributed by atoms with Gasteiger partial charge in [0.25, 0.3) is 0 Å². The summed E-state index contributed by atoms with van der Waals surface area (Å²) in [6.07, 6.45) is -19.8. The van der Waals surface area contributed by atoms with Crippen molar-refractivity contribution in [1.29, 1.82) is 0 Å². The van der Waals surface area contributed by atoms with E-state index in [4.69, 9.17) is 76.9 Å². The summed E-state index contributed by atoms with van der Waals surface area (Å²) in [5, 5.41) is 84.9. The van der Waals surface area contributed by atoms with Crippen molar-refractivity contribution >= 4 is 26.7 Å². The molecule has 21 N–H and O–H groups in total. The van der Waals surface area contributed by atoms with E-state index in [1.807, 2.05) is 0 Å². The molecule has 0 aromatic rings. The van der Waals surface area contributed by atoms with Crippen LogP contribution in [-0.4, -0.2) is 199 Å². The predicted molar refractivity (Wildman–Crippen MR) is 160 cm³/mol. The summed E-state index contributed by atoms with van der Waals surface area (Å²) in [5.74, 6) is -0.845. The molecular weight excluding hydrogens is 734 g/mol. The molecule has 0 spiro atoms. The summed E-state index contributed by atoms with van der Waals surface area (Å²) in [6.45, 7) is -0.898. The van der Waals surface area contributed by atoms with E-state index in [-0.39, 0.29) is 25.9 Å². The first-order chi connectivity index (χ1) is 22.9. The Morgan fingerprint density at radius 1 is 0.760 bits per heavy atom. The number of nitrogens with two attached hydrogens (primary N) is 4. The third-order valence-electron chi connectivity index (χ3n) is 7.51. The van der Waals surface area contributed by atoms with Crippen molar-refractivity contribution in [3.8, 4) is 0 Å². The largest absolute Gasteiger partial charge is 0.394 e. The van der Waals surface area contributed by atoms with Crippen LogP contribution in [0, 0.1) is 0 Å². The third-order valence-corrected chi connectivity index (χ3v) is 7.51. The van der Waals surface area contributed by atoms with Crippen LogP contribution in [0.4, 0.5) is 0 Å². The average molecular weight is 782 g/mol. The zero-order valence-electron chi connectivity index (χ0n) is 25.9. The molecule has 1 saturated carbocycles.